The molecule has 0 aromatic heterocycles. The fourth-order valence-corrected chi connectivity index (χ4v) is 3.68. The molecule has 0 atom stereocenters. The molecule has 0 heterocycles. The van der Waals surface area contributed by atoms with Crippen molar-refractivity contribution in [3.8, 4) is 0 Å². The minimum Gasteiger partial charge on any atom is -0.352 e. The van der Waals surface area contributed by atoms with Crippen LogP contribution in [-0.4, -0.2) is 27.9 Å². The quantitative estimate of drug-likeness (QED) is 0.860. The van der Waals surface area contributed by atoms with Crippen molar-refractivity contribution in [2.24, 2.45) is 0 Å². The molecule has 0 bridgehead atoms. The second-order valence-corrected chi connectivity index (χ2v) is 8.01. The minimum atomic E-state index is -3.69. The van der Waals surface area contributed by atoms with Gasteiger partial charge in [0, 0.05) is 19.2 Å². The molecule has 0 aliphatic carbocycles. The summed E-state index contributed by atoms with van der Waals surface area (Å²) in [5.74, 6) is -0.204. The number of sulfonamides is 1. The van der Waals surface area contributed by atoms with Gasteiger partial charge < -0.3 is 5.32 Å². The van der Waals surface area contributed by atoms with E-state index in [2.05, 4.69) is 5.32 Å². The molecule has 0 radical (unpaired) electrons. The summed E-state index contributed by atoms with van der Waals surface area (Å²) in [7, 11) is -2.18. The molecule has 0 unspecified atom stereocenters. The molecule has 2 rings (SSSR count). The lowest BCUT2D eigenvalue weighted by Gasteiger charge is -2.22. The zero-order chi connectivity index (χ0) is 18.6. The second-order valence-electron chi connectivity index (χ2n) is 6.04. The van der Waals surface area contributed by atoms with E-state index in [-0.39, 0.29) is 10.8 Å². The van der Waals surface area contributed by atoms with Gasteiger partial charge in [0.05, 0.1) is 10.6 Å². The number of nitrogens with one attached hydrogen (secondary N) is 1. The Balaban J connectivity index is 2.39. The van der Waals surface area contributed by atoms with Crippen molar-refractivity contribution in [3.63, 3.8) is 0 Å². The van der Waals surface area contributed by atoms with Crippen LogP contribution in [0, 0.1) is 13.8 Å². The predicted molar refractivity (Wildman–Crippen MR) is 101 cm³/mol. The van der Waals surface area contributed by atoms with Crippen LogP contribution in [0.5, 0.6) is 0 Å². The van der Waals surface area contributed by atoms with Gasteiger partial charge in [-0.2, -0.15) is 0 Å². The third-order valence-corrected chi connectivity index (χ3v) is 5.81. The number of rotatable bonds is 6. The van der Waals surface area contributed by atoms with Gasteiger partial charge in [0.1, 0.15) is 0 Å². The largest absolute Gasteiger partial charge is 0.352 e. The zero-order valence-corrected chi connectivity index (χ0v) is 15.9. The topological polar surface area (TPSA) is 66.5 Å². The van der Waals surface area contributed by atoms with Crippen LogP contribution in [0.25, 0.3) is 0 Å². The average molecular weight is 360 g/mol. The number of benzene rings is 2. The van der Waals surface area contributed by atoms with Crippen LogP contribution in [0.15, 0.2) is 47.4 Å². The number of anilines is 1. The lowest BCUT2D eigenvalue weighted by molar-refractivity contribution is 0.0953. The van der Waals surface area contributed by atoms with E-state index in [0.717, 1.165) is 17.5 Å². The molecule has 0 saturated heterocycles. The summed E-state index contributed by atoms with van der Waals surface area (Å²) in [6, 6.07) is 11.8. The third-order valence-electron chi connectivity index (χ3n) is 4.03. The molecular formula is C19H24N2O3S. The maximum absolute atomic E-state index is 12.9. The van der Waals surface area contributed by atoms with Gasteiger partial charge >= 0.3 is 0 Å². The van der Waals surface area contributed by atoms with Crippen LogP contribution in [-0.2, 0) is 10.0 Å². The Morgan fingerprint density at radius 3 is 2.32 bits per heavy atom. The molecule has 25 heavy (non-hydrogen) atoms. The van der Waals surface area contributed by atoms with Crippen molar-refractivity contribution >= 4 is 21.6 Å². The smallest absolute Gasteiger partial charge is 0.264 e. The van der Waals surface area contributed by atoms with E-state index >= 15 is 0 Å². The molecule has 0 fully saturated rings. The van der Waals surface area contributed by atoms with Crippen molar-refractivity contribution in [1.29, 1.82) is 0 Å². The maximum Gasteiger partial charge on any atom is 0.264 e. The Morgan fingerprint density at radius 2 is 1.72 bits per heavy atom. The van der Waals surface area contributed by atoms with E-state index < -0.39 is 10.0 Å². The van der Waals surface area contributed by atoms with Crippen LogP contribution in [0.2, 0.25) is 0 Å². The Morgan fingerprint density at radius 1 is 1.08 bits per heavy atom. The number of amides is 1. The Hall–Kier alpha value is -2.34. The van der Waals surface area contributed by atoms with Crippen molar-refractivity contribution in [2.75, 3.05) is 17.9 Å². The van der Waals surface area contributed by atoms with Crippen molar-refractivity contribution in [1.82, 2.24) is 5.32 Å². The summed E-state index contributed by atoms with van der Waals surface area (Å²) >= 11 is 0. The SMILES string of the molecule is CCCNC(=O)c1ccc(C)c(N(C)S(=O)(=O)c2ccc(C)cc2)c1. The van der Waals surface area contributed by atoms with Gasteiger partial charge in [0.2, 0.25) is 0 Å². The lowest BCUT2D eigenvalue weighted by Crippen LogP contribution is -2.28. The van der Waals surface area contributed by atoms with Crippen LogP contribution in [0.1, 0.15) is 34.8 Å². The number of carbonyl (C=O) groups is 1. The first-order valence-electron chi connectivity index (χ1n) is 8.22. The number of aryl methyl sites for hydroxylation is 2. The van der Waals surface area contributed by atoms with Crippen LogP contribution in [0.4, 0.5) is 5.69 Å². The second kappa shape index (κ2) is 7.70. The molecule has 0 aliphatic heterocycles. The highest BCUT2D eigenvalue weighted by atomic mass is 32.2. The molecule has 2 aromatic carbocycles. The summed E-state index contributed by atoms with van der Waals surface area (Å²) in [5, 5.41) is 2.80. The summed E-state index contributed by atoms with van der Waals surface area (Å²) in [6.07, 6.45) is 0.839. The summed E-state index contributed by atoms with van der Waals surface area (Å²) in [4.78, 5) is 12.4. The van der Waals surface area contributed by atoms with Gasteiger partial charge in [0.15, 0.2) is 0 Å². The fraction of sp³-hybridized carbons (Fsp3) is 0.316. The highest BCUT2D eigenvalue weighted by Gasteiger charge is 2.23. The fourth-order valence-electron chi connectivity index (χ4n) is 2.43. The zero-order valence-electron chi connectivity index (χ0n) is 15.0. The Kier molecular flexibility index (Phi) is 5.85. The molecule has 5 nitrogen and oxygen atoms in total. The van der Waals surface area contributed by atoms with Gasteiger partial charge in [-0.05, 0) is 50.1 Å². The monoisotopic (exact) mass is 360 g/mol. The van der Waals surface area contributed by atoms with Crippen LogP contribution >= 0.6 is 0 Å². The summed E-state index contributed by atoms with van der Waals surface area (Å²) in [6.45, 7) is 6.29. The first kappa shape index (κ1) is 19.0. The number of carbonyl (C=O) groups excluding carboxylic acids is 1. The summed E-state index contributed by atoms with van der Waals surface area (Å²) in [5.41, 5.74) is 2.71. The van der Waals surface area contributed by atoms with Gasteiger partial charge in [-0.15, -0.1) is 0 Å². The van der Waals surface area contributed by atoms with Gasteiger partial charge in [-0.3, -0.25) is 9.10 Å². The van der Waals surface area contributed by atoms with E-state index in [0.29, 0.717) is 17.8 Å². The number of nitrogens with zero attached hydrogens (tertiary/aromatic N) is 1. The molecule has 0 saturated carbocycles. The molecule has 0 spiro atoms. The van der Waals surface area contributed by atoms with Gasteiger partial charge in [0.25, 0.3) is 15.9 Å². The van der Waals surface area contributed by atoms with Gasteiger partial charge in [-0.1, -0.05) is 30.7 Å². The van der Waals surface area contributed by atoms with Gasteiger partial charge in [-0.25, -0.2) is 8.42 Å². The molecule has 0 aliphatic rings. The van der Waals surface area contributed by atoms with Crippen LogP contribution < -0.4 is 9.62 Å². The third kappa shape index (κ3) is 4.20. The number of hydrogen-bond acceptors (Lipinski definition) is 3. The van der Waals surface area contributed by atoms with E-state index in [4.69, 9.17) is 0 Å². The van der Waals surface area contributed by atoms with E-state index in [1.54, 1.807) is 42.5 Å². The molecule has 2 aromatic rings. The van der Waals surface area contributed by atoms with E-state index in [1.165, 1.54) is 11.4 Å². The Bertz CT molecular complexity index is 859. The minimum absolute atomic E-state index is 0.204. The molecular weight excluding hydrogens is 336 g/mol. The molecule has 6 heteroatoms. The number of hydrogen-bond donors (Lipinski definition) is 1. The highest BCUT2D eigenvalue weighted by molar-refractivity contribution is 7.92. The van der Waals surface area contributed by atoms with Crippen molar-refractivity contribution in [3.05, 3.63) is 59.2 Å². The molecule has 1 amide bonds. The van der Waals surface area contributed by atoms with Crippen LogP contribution in [0.3, 0.4) is 0 Å². The lowest BCUT2D eigenvalue weighted by atomic mass is 10.1. The highest BCUT2D eigenvalue weighted by Crippen LogP contribution is 2.26. The normalized spacial score (nSPS) is 11.2. The predicted octanol–water partition coefficient (Wildman–Crippen LogP) is 3.27. The van der Waals surface area contributed by atoms with Crippen molar-refractivity contribution < 1.29 is 13.2 Å². The summed E-state index contributed by atoms with van der Waals surface area (Å²) < 4.78 is 27.0. The van der Waals surface area contributed by atoms with Crippen molar-refractivity contribution in [2.45, 2.75) is 32.1 Å². The first-order chi connectivity index (χ1) is 11.8. The maximum atomic E-state index is 12.9. The van der Waals surface area contributed by atoms with E-state index in [1.807, 2.05) is 20.8 Å². The average Bonchev–Trinajstić information content (AvgIpc) is 2.59. The molecule has 1 N–H and O–H groups in total. The van der Waals surface area contributed by atoms with E-state index in [9.17, 15) is 13.2 Å². The Labute approximate surface area is 149 Å². The first-order valence-corrected chi connectivity index (χ1v) is 9.66. The standard InChI is InChI=1S/C19H24N2O3S/c1-5-12-20-19(22)16-9-8-15(3)18(13-16)21(4)25(23,24)17-10-6-14(2)7-11-17/h6-11,13H,5,12H2,1-4H3,(H,20,22). The molecule has 134 valence electrons.